The van der Waals surface area contributed by atoms with Gasteiger partial charge >= 0.3 is 12.1 Å². The Kier molecular flexibility index (Phi) is 5.27. The number of alkyl halides is 3. The number of anilines is 1. The van der Waals surface area contributed by atoms with Gasteiger partial charge < -0.3 is 10.1 Å². The first-order chi connectivity index (χ1) is 12.6. The van der Waals surface area contributed by atoms with E-state index in [0.29, 0.717) is 5.56 Å². The van der Waals surface area contributed by atoms with Crippen molar-refractivity contribution in [2.75, 3.05) is 11.9 Å². The van der Waals surface area contributed by atoms with Crippen molar-refractivity contribution in [2.24, 2.45) is 0 Å². The van der Waals surface area contributed by atoms with Gasteiger partial charge in [-0.1, -0.05) is 28.1 Å². The highest BCUT2D eigenvalue weighted by atomic mass is 79.9. The molecular formula is C17H15BrF3N3O3. The maximum absolute atomic E-state index is 13.2. The van der Waals surface area contributed by atoms with E-state index in [1.54, 1.807) is 31.2 Å². The van der Waals surface area contributed by atoms with Crippen molar-refractivity contribution in [2.45, 2.75) is 31.6 Å². The van der Waals surface area contributed by atoms with Crippen LogP contribution in [-0.4, -0.2) is 40.4 Å². The number of halogens is 4. The van der Waals surface area contributed by atoms with E-state index < -0.39 is 36.6 Å². The molecule has 0 bridgehead atoms. The molecule has 1 aliphatic heterocycles. The lowest BCUT2D eigenvalue weighted by Gasteiger charge is -2.31. The van der Waals surface area contributed by atoms with Crippen molar-refractivity contribution in [1.29, 1.82) is 0 Å². The molecule has 0 radical (unpaired) electrons. The van der Waals surface area contributed by atoms with Crippen LogP contribution in [0.25, 0.3) is 0 Å². The lowest BCUT2D eigenvalue weighted by atomic mass is 10.1. The van der Waals surface area contributed by atoms with Crippen LogP contribution in [0.5, 0.6) is 0 Å². The minimum Gasteiger partial charge on any atom is -0.453 e. The number of ether oxygens (including phenoxy) is 1. The van der Waals surface area contributed by atoms with Crippen LogP contribution in [0.2, 0.25) is 0 Å². The molecule has 10 heteroatoms. The molecule has 3 rings (SSSR count). The molecule has 2 atom stereocenters. The molecule has 0 spiro atoms. The standard InChI is InChI=1S/C17H15BrF3N3O3/c1-9-6-14(17(19,20)21)24-15(22-9)7-12(23-24)16(26)27-8-13(25)10-2-4-11(18)5-3-10/h2-5,7,9,14,22H,6,8H2,1H3/t9-,14-/m1/s1. The molecule has 27 heavy (non-hydrogen) atoms. The molecule has 2 aromatic rings. The number of rotatable bonds is 4. The molecule has 0 fully saturated rings. The van der Waals surface area contributed by atoms with Crippen LogP contribution in [0.1, 0.15) is 40.2 Å². The monoisotopic (exact) mass is 445 g/mol. The molecule has 0 aliphatic carbocycles. The number of aromatic nitrogens is 2. The quantitative estimate of drug-likeness (QED) is 0.568. The summed E-state index contributed by atoms with van der Waals surface area (Å²) in [6, 6.07) is 5.41. The largest absolute Gasteiger partial charge is 0.453 e. The van der Waals surface area contributed by atoms with Crippen LogP contribution in [0.3, 0.4) is 0 Å². The van der Waals surface area contributed by atoms with Gasteiger partial charge in [0.2, 0.25) is 0 Å². The van der Waals surface area contributed by atoms with E-state index in [1.807, 2.05) is 0 Å². The highest BCUT2D eigenvalue weighted by Crippen LogP contribution is 2.39. The minimum atomic E-state index is -4.49. The van der Waals surface area contributed by atoms with E-state index in [-0.39, 0.29) is 17.9 Å². The number of benzene rings is 1. The molecule has 1 aromatic carbocycles. The molecule has 0 saturated carbocycles. The van der Waals surface area contributed by atoms with Crippen molar-refractivity contribution >= 4 is 33.5 Å². The zero-order valence-corrected chi connectivity index (χ0v) is 15.7. The minimum absolute atomic E-state index is 0.0854. The van der Waals surface area contributed by atoms with Gasteiger partial charge in [0.1, 0.15) is 5.82 Å². The van der Waals surface area contributed by atoms with E-state index in [1.165, 1.54) is 6.07 Å². The number of nitrogens with one attached hydrogen (secondary N) is 1. The van der Waals surface area contributed by atoms with Gasteiger partial charge in [-0.3, -0.25) is 4.79 Å². The molecule has 1 aliphatic rings. The van der Waals surface area contributed by atoms with Crippen LogP contribution >= 0.6 is 15.9 Å². The second kappa shape index (κ2) is 7.34. The molecule has 0 saturated heterocycles. The van der Waals surface area contributed by atoms with Gasteiger partial charge in [0.25, 0.3) is 0 Å². The smallest absolute Gasteiger partial charge is 0.410 e. The summed E-state index contributed by atoms with van der Waals surface area (Å²) in [4.78, 5) is 24.2. The number of hydrogen-bond donors (Lipinski definition) is 1. The van der Waals surface area contributed by atoms with Crippen molar-refractivity contribution in [3.05, 3.63) is 46.1 Å². The van der Waals surface area contributed by atoms with E-state index in [9.17, 15) is 22.8 Å². The molecule has 1 aromatic heterocycles. The summed E-state index contributed by atoms with van der Waals surface area (Å²) >= 11 is 3.24. The van der Waals surface area contributed by atoms with Crippen LogP contribution in [0.15, 0.2) is 34.8 Å². The molecular weight excluding hydrogens is 431 g/mol. The van der Waals surface area contributed by atoms with Crippen LogP contribution in [0.4, 0.5) is 19.0 Å². The van der Waals surface area contributed by atoms with Crippen molar-refractivity contribution in [3.8, 4) is 0 Å². The molecule has 144 valence electrons. The third-order valence-electron chi connectivity index (χ3n) is 4.09. The Balaban J connectivity index is 1.71. The average Bonchev–Trinajstić information content (AvgIpc) is 3.02. The van der Waals surface area contributed by atoms with Crippen LogP contribution < -0.4 is 5.32 Å². The number of ketones is 1. The summed E-state index contributed by atoms with van der Waals surface area (Å²) in [7, 11) is 0. The second-order valence-electron chi connectivity index (χ2n) is 6.20. The second-order valence-corrected chi connectivity index (χ2v) is 7.12. The van der Waals surface area contributed by atoms with E-state index in [2.05, 4.69) is 26.3 Å². The third-order valence-corrected chi connectivity index (χ3v) is 4.62. The lowest BCUT2D eigenvalue weighted by Crippen LogP contribution is -2.37. The van der Waals surface area contributed by atoms with E-state index >= 15 is 0 Å². The molecule has 2 heterocycles. The number of esters is 1. The van der Waals surface area contributed by atoms with Gasteiger partial charge in [-0.25, -0.2) is 9.48 Å². The highest BCUT2D eigenvalue weighted by Gasteiger charge is 2.45. The van der Waals surface area contributed by atoms with Gasteiger partial charge in [0.15, 0.2) is 24.1 Å². The summed E-state index contributed by atoms with van der Waals surface area (Å²) < 4.78 is 46.1. The number of carbonyl (C=O) groups is 2. The first-order valence-corrected chi connectivity index (χ1v) is 8.83. The van der Waals surface area contributed by atoms with Crippen LogP contribution in [0, 0.1) is 0 Å². The molecule has 1 N–H and O–H groups in total. The van der Waals surface area contributed by atoms with Gasteiger partial charge in [0, 0.05) is 22.1 Å². The number of Topliss-reactive ketones (excluding diaryl/α,β-unsaturated/α-hetero) is 1. The Morgan fingerprint density at radius 3 is 2.63 bits per heavy atom. The molecule has 6 nitrogen and oxygen atoms in total. The highest BCUT2D eigenvalue weighted by molar-refractivity contribution is 9.10. The predicted octanol–water partition coefficient (Wildman–Crippen LogP) is 3.99. The number of fused-ring (bicyclic) bond motifs is 1. The Labute approximate surface area is 160 Å². The predicted molar refractivity (Wildman–Crippen MR) is 93.8 cm³/mol. The fraction of sp³-hybridized carbons (Fsp3) is 0.353. The number of carbonyl (C=O) groups excluding carboxylic acids is 2. The molecule has 0 unspecified atom stereocenters. The summed E-state index contributed by atoms with van der Waals surface area (Å²) in [5, 5.41) is 6.59. The molecule has 0 amide bonds. The summed E-state index contributed by atoms with van der Waals surface area (Å²) in [5.74, 6) is -1.31. The lowest BCUT2D eigenvalue weighted by molar-refractivity contribution is -0.173. The fourth-order valence-electron chi connectivity index (χ4n) is 2.78. The Morgan fingerprint density at radius 1 is 1.33 bits per heavy atom. The zero-order chi connectivity index (χ0) is 19.8. The van der Waals surface area contributed by atoms with Gasteiger partial charge in [-0.15, -0.1) is 0 Å². The Hall–Kier alpha value is -2.36. The Bertz CT molecular complexity index is 865. The summed E-state index contributed by atoms with van der Waals surface area (Å²) in [6.07, 6.45) is -4.69. The number of nitrogens with zero attached hydrogens (tertiary/aromatic N) is 2. The fourth-order valence-corrected chi connectivity index (χ4v) is 3.05. The maximum atomic E-state index is 13.2. The van der Waals surface area contributed by atoms with Crippen LogP contribution in [-0.2, 0) is 4.74 Å². The average molecular weight is 446 g/mol. The Morgan fingerprint density at radius 2 is 2.00 bits per heavy atom. The number of hydrogen-bond acceptors (Lipinski definition) is 5. The SMILES string of the molecule is C[C@@H]1C[C@H](C(F)(F)F)n2nc(C(=O)OCC(=O)c3ccc(Br)cc3)cc2N1. The van der Waals surface area contributed by atoms with E-state index in [0.717, 1.165) is 9.15 Å². The summed E-state index contributed by atoms with van der Waals surface area (Å²) in [6.45, 7) is 1.08. The van der Waals surface area contributed by atoms with Gasteiger partial charge in [-0.05, 0) is 25.5 Å². The first-order valence-electron chi connectivity index (χ1n) is 8.04. The van der Waals surface area contributed by atoms with E-state index in [4.69, 9.17) is 4.74 Å². The topological polar surface area (TPSA) is 73.2 Å². The third kappa shape index (κ3) is 4.32. The zero-order valence-electron chi connectivity index (χ0n) is 14.1. The van der Waals surface area contributed by atoms with Crippen molar-refractivity contribution < 1.29 is 27.5 Å². The van der Waals surface area contributed by atoms with Gasteiger partial charge in [-0.2, -0.15) is 18.3 Å². The van der Waals surface area contributed by atoms with Crippen molar-refractivity contribution in [1.82, 2.24) is 9.78 Å². The summed E-state index contributed by atoms with van der Waals surface area (Å²) in [5.41, 5.74) is 0.0622. The first kappa shape index (κ1) is 19.4. The maximum Gasteiger partial charge on any atom is 0.410 e. The normalized spacial score (nSPS) is 19.1. The van der Waals surface area contributed by atoms with Gasteiger partial charge in [0.05, 0.1) is 0 Å². The van der Waals surface area contributed by atoms with Crippen molar-refractivity contribution in [3.63, 3.8) is 0 Å².